The van der Waals surface area contributed by atoms with Gasteiger partial charge in [-0.25, -0.2) is 4.79 Å². The molecule has 0 aromatic rings. The Bertz CT molecular complexity index is 218. The molecule has 0 aliphatic heterocycles. The summed E-state index contributed by atoms with van der Waals surface area (Å²) in [5.74, 6) is -0.266. The Balaban J connectivity index is 2.16. The van der Waals surface area contributed by atoms with Crippen LogP contribution in [-0.2, 0) is 14.3 Å². The Kier molecular flexibility index (Phi) is 5.22. The molecule has 1 aliphatic carbocycles. The van der Waals surface area contributed by atoms with Crippen LogP contribution in [0, 0.1) is 5.41 Å². The lowest BCUT2D eigenvalue weighted by Gasteiger charge is -2.33. The zero-order valence-electron chi connectivity index (χ0n) is 10.3. The number of esters is 1. The normalized spacial score (nSPS) is 20.7. The SMILES string of the molecule is CC1(C)CCC(OC(=O)COCCN)CC1. The van der Waals surface area contributed by atoms with E-state index < -0.39 is 0 Å². The largest absolute Gasteiger partial charge is 0.461 e. The Hall–Kier alpha value is -0.610. The third kappa shape index (κ3) is 4.94. The van der Waals surface area contributed by atoms with Crippen molar-refractivity contribution in [3.05, 3.63) is 0 Å². The molecule has 2 N–H and O–H groups in total. The summed E-state index contributed by atoms with van der Waals surface area (Å²) in [6.07, 6.45) is 4.26. The first-order valence-corrected chi connectivity index (χ1v) is 6.01. The van der Waals surface area contributed by atoms with Gasteiger partial charge in [0.15, 0.2) is 0 Å². The van der Waals surface area contributed by atoms with E-state index in [0.29, 0.717) is 18.6 Å². The average molecular weight is 229 g/mol. The fourth-order valence-electron chi connectivity index (χ4n) is 1.95. The molecule has 0 aromatic carbocycles. The van der Waals surface area contributed by atoms with Crippen molar-refractivity contribution in [2.24, 2.45) is 11.1 Å². The molecule has 0 heterocycles. The van der Waals surface area contributed by atoms with Gasteiger partial charge in [0.05, 0.1) is 6.61 Å². The van der Waals surface area contributed by atoms with E-state index in [0.717, 1.165) is 25.7 Å². The standard InChI is InChI=1S/C12H23NO3/c1-12(2)5-3-10(4-6-12)16-11(14)9-15-8-7-13/h10H,3-9,13H2,1-2H3. The average Bonchev–Trinajstić information content (AvgIpc) is 2.22. The Labute approximate surface area is 97.5 Å². The molecule has 94 valence electrons. The van der Waals surface area contributed by atoms with Gasteiger partial charge in [0.1, 0.15) is 12.7 Å². The summed E-state index contributed by atoms with van der Waals surface area (Å²) in [6.45, 7) is 5.39. The number of nitrogens with two attached hydrogens (primary N) is 1. The molecule has 16 heavy (non-hydrogen) atoms. The predicted molar refractivity (Wildman–Crippen MR) is 62.0 cm³/mol. The Morgan fingerprint density at radius 1 is 1.38 bits per heavy atom. The Morgan fingerprint density at radius 2 is 2.00 bits per heavy atom. The number of hydrogen-bond acceptors (Lipinski definition) is 4. The van der Waals surface area contributed by atoms with Crippen molar-refractivity contribution >= 4 is 5.97 Å². The van der Waals surface area contributed by atoms with E-state index >= 15 is 0 Å². The zero-order chi connectivity index (χ0) is 12.0. The highest BCUT2D eigenvalue weighted by Gasteiger charge is 2.28. The lowest BCUT2D eigenvalue weighted by molar-refractivity contribution is -0.156. The minimum Gasteiger partial charge on any atom is -0.461 e. The van der Waals surface area contributed by atoms with E-state index in [2.05, 4.69) is 13.8 Å². The van der Waals surface area contributed by atoms with Gasteiger partial charge in [0, 0.05) is 6.54 Å². The first-order chi connectivity index (χ1) is 7.53. The minimum absolute atomic E-state index is 0.0249. The van der Waals surface area contributed by atoms with Gasteiger partial charge >= 0.3 is 5.97 Å². The van der Waals surface area contributed by atoms with Crippen LogP contribution in [0.1, 0.15) is 39.5 Å². The van der Waals surface area contributed by atoms with Crippen molar-refractivity contribution in [1.82, 2.24) is 0 Å². The van der Waals surface area contributed by atoms with Crippen LogP contribution in [0.15, 0.2) is 0 Å². The van der Waals surface area contributed by atoms with Gasteiger partial charge in [-0.2, -0.15) is 0 Å². The topological polar surface area (TPSA) is 61.5 Å². The third-order valence-corrected chi connectivity index (χ3v) is 3.07. The molecule has 0 amide bonds. The van der Waals surface area contributed by atoms with Gasteiger partial charge in [-0.05, 0) is 31.1 Å². The first kappa shape index (κ1) is 13.5. The van der Waals surface area contributed by atoms with E-state index in [9.17, 15) is 4.79 Å². The lowest BCUT2D eigenvalue weighted by atomic mass is 9.76. The highest BCUT2D eigenvalue weighted by molar-refractivity contribution is 5.70. The van der Waals surface area contributed by atoms with Gasteiger partial charge in [-0.1, -0.05) is 13.8 Å². The molecular weight excluding hydrogens is 206 g/mol. The van der Waals surface area contributed by atoms with Gasteiger partial charge in [0.2, 0.25) is 0 Å². The van der Waals surface area contributed by atoms with E-state index in [-0.39, 0.29) is 18.7 Å². The number of rotatable bonds is 5. The number of hydrogen-bond donors (Lipinski definition) is 1. The maximum atomic E-state index is 11.4. The number of carbonyl (C=O) groups excluding carboxylic acids is 1. The van der Waals surface area contributed by atoms with Crippen LogP contribution in [0.3, 0.4) is 0 Å². The van der Waals surface area contributed by atoms with E-state index in [1.54, 1.807) is 0 Å². The zero-order valence-corrected chi connectivity index (χ0v) is 10.3. The molecule has 1 aliphatic rings. The fraction of sp³-hybridized carbons (Fsp3) is 0.917. The molecule has 4 heteroatoms. The van der Waals surface area contributed by atoms with Crippen LogP contribution < -0.4 is 5.73 Å². The molecule has 0 aromatic heterocycles. The molecule has 0 atom stereocenters. The van der Waals surface area contributed by atoms with E-state index in [1.807, 2.05) is 0 Å². The lowest BCUT2D eigenvalue weighted by Crippen LogP contribution is -2.29. The predicted octanol–water partition coefficient (Wildman–Crippen LogP) is 1.47. The van der Waals surface area contributed by atoms with Gasteiger partial charge in [-0.3, -0.25) is 0 Å². The second-order valence-electron chi connectivity index (χ2n) is 5.19. The van der Waals surface area contributed by atoms with Crippen LogP contribution in [0.4, 0.5) is 0 Å². The molecule has 0 saturated heterocycles. The quantitative estimate of drug-likeness (QED) is 0.573. The summed E-state index contributed by atoms with van der Waals surface area (Å²) in [4.78, 5) is 11.4. The minimum atomic E-state index is -0.266. The molecule has 1 fully saturated rings. The van der Waals surface area contributed by atoms with Crippen LogP contribution in [0.2, 0.25) is 0 Å². The van der Waals surface area contributed by atoms with Gasteiger partial charge in [-0.15, -0.1) is 0 Å². The number of carbonyl (C=O) groups is 1. The molecular formula is C12H23NO3. The fourth-order valence-corrected chi connectivity index (χ4v) is 1.95. The van der Waals surface area contributed by atoms with Crippen LogP contribution >= 0.6 is 0 Å². The summed E-state index contributed by atoms with van der Waals surface area (Å²) in [7, 11) is 0. The number of ether oxygens (including phenoxy) is 2. The molecule has 1 rings (SSSR count). The maximum absolute atomic E-state index is 11.4. The highest BCUT2D eigenvalue weighted by atomic mass is 16.6. The summed E-state index contributed by atoms with van der Waals surface area (Å²) in [5.41, 5.74) is 5.65. The highest BCUT2D eigenvalue weighted by Crippen LogP contribution is 2.36. The van der Waals surface area contributed by atoms with E-state index in [1.165, 1.54) is 0 Å². The Morgan fingerprint density at radius 3 is 2.56 bits per heavy atom. The van der Waals surface area contributed by atoms with Crippen molar-refractivity contribution in [3.63, 3.8) is 0 Å². The third-order valence-electron chi connectivity index (χ3n) is 3.07. The van der Waals surface area contributed by atoms with Crippen LogP contribution in [0.5, 0.6) is 0 Å². The molecule has 0 unspecified atom stereocenters. The monoisotopic (exact) mass is 229 g/mol. The van der Waals surface area contributed by atoms with E-state index in [4.69, 9.17) is 15.2 Å². The molecule has 0 spiro atoms. The van der Waals surface area contributed by atoms with Crippen molar-refractivity contribution in [2.45, 2.75) is 45.6 Å². The second-order valence-corrected chi connectivity index (χ2v) is 5.19. The van der Waals surface area contributed by atoms with Crippen molar-refractivity contribution < 1.29 is 14.3 Å². The van der Waals surface area contributed by atoms with Crippen molar-refractivity contribution in [3.8, 4) is 0 Å². The summed E-state index contributed by atoms with van der Waals surface area (Å²) >= 11 is 0. The molecule has 1 saturated carbocycles. The van der Waals surface area contributed by atoms with Crippen LogP contribution in [0.25, 0.3) is 0 Å². The molecule has 0 bridgehead atoms. The van der Waals surface area contributed by atoms with Crippen molar-refractivity contribution in [2.75, 3.05) is 19.8 Å². The first-order valence-electron chi connectivity index (χ1n) is 6.01. The molecule has 0 radical (unpaired) electrons. The smallest absolute Gasteiger partial charge is 0.332 e. The summed E-state index contributed by atoms with van der Waals surface area (Å²) in [6, 6.07) is 0. The van der Waals surface area contributed by atoms with Crippen LogP contribution in [-0.4, -0.2) is 31.8 Å². The van der Waals surface area contributed by atoms with Crippen molar-refractivity contribution in [1.29, 1.82) is 0 Å². The maximum Gasteiger partial charge on any atom is 0.332 e. The van der Waals surface area contributed by atoms with Gasteiger partial charge < -0.3 is 15.2 Å². The summed E-state index contributed by atoms with van der Waals surface area (Å²) < 4.78 is 10.4. The van der Waals surface area contributed by atoms with Gasteiger partial charge in [0.25, 0.3) is 0 Å². The molecule has 4 nitrogen and oxygen atoms in total. The second kappa shape index (κ2) is 6.21. The summed E-state index contributed by atoms with van der Waals surface area (Å²) in [5, 5.41) is 0.